The summed E-state index contributed by atoms with van der Waals surface area (Å²) in [7, 11) is 1.82. The van der Waals surface area contributed by atoms with Gasteiger partial charge in [-0.3, -0.25) is 4.79 Å². The molecule has 0 aliphatic heterocycles. The Morgan fingerprint density at radius 1 is 0.875 bits per heavy atom. The summed E-state index contributed by atoms with van der Waals surface area (Å²) in [5.74, 6) is 1.55. The maximum Gasteiger partial charge on any atom is 0.253 e. The third kappa shape index (κ3) is 5.91. The summed E-state index contributed by atoms with van der Waals surface area (Å²) in [6, 6.07) is 23.6. The maximum absolute atomic E-state index is 13.1. The van der Waals surface area contributed by atoms with Crippen LogP contribution in [0.15, 0.2) is 72.8 Å². The fraction of sp³-hybridized carbons (Fsp3) is 0.321. The van der Waals surface area contributed by atoms with Crippen molar-refractivity contribution in [1.29, 1.82) is 0 Å². The van der Waals surface area contributed by atoms with Gasteiger partial charge in [0, 0.05) is 24.7 Å². The molecule has 0 fully saturated rings. The third-order valence-electron chi connectivity index (χ3n) is 5.29. The second kappa shape index (κ2) is 10.4. The topological polar surface area (TPSA) is 38.8 Å². The summed E-state index contributed by atoms with van der Waals surface area (Å²) in [4.78, 5) is 14.8. The third-order valence-corrected chi connectivity index (χ3v) is 5.29. The average Bonchev–Trinajstić information content (AvgIpc) is 2.78. The van der Waals surface area contributed by atoms with Crippen LogP contribution in [0.25, 0.3) is 0 Å². The molecule has 168 valence electrons. The van der Waals surface area contributed by atoms with Crippen molar-refractivity contribution >= 4 is 5.91 Å². The Bertz CT molecular complexity index is 1040. The molecule has 0 atom stereocenters. The molecule has 4 heteroatoms. The van der Waals surface area contributed by atoms with Crippen molar-refractivity contribution in [2.75, 3.05) is 13.7 Å². The van der Waals surface area contributed by atoms with Gasteiger partial charge in [0.2, 0.25) is 0 Å². The molecule has 0 aliphatic carbocycles. The Kier molecular flexibility index (Phi) is 7.57. The fourth-order valence-electron chi connectivity index (χ4n) is 3.64. The van der Waals surface area contributed by atoms with Crippen molar-refractivity contribution in [2.24, 2.45) is 0 Å². The Hall–Kier alpha value is -3.27. The lowest BCUT2D eigenvalue weighted by molar-refractivity contribution is 0.0785. The maximum atomic E-state index is 13.1. The molecule has 0 unspecified atom stereocenters. The van der Waals surface area contributed by atoms with Crippen LogP contribution in [0, 0.1) is 0 Å². The van der Waals surface area contributed by atoms with Gasteiger partial charge in [-0.2, -0.15) is 0 Å². The van der Waals surface area contributed by atoms with Crippen molar-refractivity contribution in [3.8, 4) is 11.5 Å². The average molecular weight is 432 g/mol. The van der Waals surface area contributed by atoms with Gasteiger partial charge >= 0.3 is 0 Å². The molecule has 3 aromatic carbocycles. The van der Waals surface area contributed by atoms with Gasteiger partial charge in [0.25, 0.3) is 5.91 Å². The highest BCUT2D eigenvalue weighted by atomic mass is 16.5. The van der Waals surface area contributed by atoms with E-state index in [9.17, 15) is 4.79 Å². The predicted molar refractivity (Wildman–Crippen MR) is 129 cm³/mol. The van der Waals surface area contributed by atoms with Gasteiger partial charge < -0.3 is 14.4 Å². The molecule has 0 saturated carbocycles. The zero-order valence-corrected chi connectivity index (χ0v) is 19.7. The Morgan fingerprint density at radius 2 is 1.56 bits per heavy atom. The molecule has 0 N–H and O–H groups in total. The molecule has 0 spiro atoms. The van der Waals surface area contributed by atoms with E-state index < -0.39 is 0 Å². The molecule has 32 heavy (non-hydrogen) atoms. The van der Waals surface area contributed by atoms with E-state index in [1.54, 1.807) is 4.90 Å². The number of hydrogen-bond donors (Lipinski definition) is 0. The number of benzene rings is 3. The molecule has 4 nitrogen and oxygen atoms in total. The molecular weight excluding hydrogens is 398 g/mol. The molecule has 3 rings (SSSR count). The standard InChI is InChI=1S/C28H33NO3/c1-6-31-25-17-16-22(27(30)29(5)19-21-12-8-7-9-13-21)18-23(25)20-32-26-15-11-10-14-24(26)28(2,3)4/h7-18H,6,19-20H2,1-5H3. The van der Waals surface area contributed by atoms with Crippen LogP contribution < -0.4 is 9.47 Å². The minimum atomic E-state index is -0.0340. The number of ether oxygens (including phenoxy) is 2. The van der Waals surface area contributed by atoms with Crippen LogP contribution in [0.1, 0.15) is 54.7 Å². The normalized spacial score (nSPS) is 11.2. The van der Waals surface area contributed by atoms with Gasteiger partial charge in [0.05, 0.1) is 6.61 Å². The van der Waals surface area contributed by atoms with Crippen LogP contribution in [0.4, 0.5) is 0 Å². The minimum Gasteiger partial charge on any atom is -0.493 e. The lowest BCUT2D eigenvalue weighted by Gasteiger charge is -2.23. The molecule has 0 aromatic heterocycles. The Balaban J connectivity index is 1.81. The van der Waals surface area contributed by atoms with E-state index in [0.717, 1.165) is 28.2 Å². The van der Waals surface area contributed by atoms with E-state index in [4.69, 9.17) is 9.47 Å². The highest BCUT2D eigenvalue weighted by molar-refractivity contribution is 5.94. The zero-order chi connectivity index (χ0) is 23.1. The summed E-state index contributed by atoms with van der Waals surface area (Å²) in [6.45, 7) is 9.89. The van der Waals surface area contributed by atoms with Crippen LogP contribution in [-0.4, -0.2) is 24.5 Å². The highest BCUT2D eigenvalue weighted by Gasteiger charge is 2.19. The quantitative estimate of drug-likeness (QED) is 0.424. The van der Waals surface area contributed by atoms with E-state index in [1.165, 1.54) is 0 Å². The molecule has 0 aliphatic rings. The van der Waals surface area contributed by atoms with Crippen LogP contribution in [0.3, 0.4) is 0 Å². The number of carbonyl (C=O) groups excluding carboxylic acids is 1. The lowest BCUT2D eigenvalue weighted by atomic mass is 9.86. The Morgan fingerprint density at radius 3 is 2.25 bits per heavy atom. The smallest absolute Gasteiger partial charge is 0.253 e. The van der Waals surface area contributed by atoms with Crippen molar-refractivity contribution in [3.05, 3.63) is 95.1 Å². The molecule has 1 amide bonds. The number of para-hydroxylation sites is 1. The summed E-state index contributed by atoms with van der Waals surface area (Å²) in [5.41, 5.74) is 3.69. The number of rotatable bonds is 8. The first kappa shape index (κ1) is 23.4. The fourth-order valence-corrected chi connectivity index (χ4v) is 3.64. The molecule has 0 saturated heterocycles. The van der Waals surface area contributed by atoms with Crippen LogP contribution >= 0.6 is 0 Å². The lowest BCUT2D eigenvalue weighted by Crippen LogP contribution is -2.26. The summed E-state index contributed by atoms with van der Waals surface area (Å²) >= 11 is 0. The van der Waals surface area contributed by atoms with Gasteiger partial charge in [0.1, 0.15) is 18.1 Å². The first-order valence-electron chi connectivity index (χ1n) is 11.1. The SMILES string of the molecule is CCOc1ccc(C(=O)N(C)Cc2ccccc2)cc1COc1ccccc1C(C)(C)C. The van der Waals surface area contributed by atoms with E-state index in [0.29, 0.717) is 25.3 Å². The van der Waals surface area contributed by atoms with Crippen LogP contribution in [-0.2, 0) is 18.6 Å². The Labute approximate surface area is 191 Å². The predicted octanol–water partition coefficient (Wildman–Crippen LogP) is 6.23. The second-order valence-corrected chi connectivity index (χ2v) is 8.94. The van der Waals surface area contributed by atoms with E-state index >= 15 is 0 Å². The van der Waals surface area contributed by atoms with Gasteiger partial charge in [-0.25, -0.2) is 0 Å². The minimum absolute atomic E-state index is 0.0305. The van der Waals surface area contributed by atoms with Crippen molar-refractivity contribution in [2.45, 2.75) is 46.3 Å². The van der Waals surface area contributed by atoms with Crippen LogP contribution in [0.2, 0.25) is 0 Å². The van der Waals surface area contributed by atoms with Crippen molar-refractivity contribution in [1.82, 2.24) is 4.90 Å². The number of nitrogens with zero attached hydrogens (tertiary/aromatic N) is 1. The molecule has 0 bridgehead atoms. The number of carbonyl (C=O) groups is 1. The second-order valence-electron chi connectivity index (χ2n) is 8.94. The highest BCUT2D eigenvalue weighted by Crippen LogP contribution is 2.32. The van der Waals surface area contributed by atoms with Gasteiger partial charge in [-0.1, -0.05) is 69.3 Å². The molecule has 0 radical (unpaired) electrons. The van der Waals surface area contributed by atoms with E-state index in [2.05, 4.69) is 26.8 Å². The number of amides is 1. The summed E-state index contributed by atoms with van der Waals surface area (Å²) in [6.07, 6.45) is 0. The van der Waals surface area contributed by atoms with Gasteiger partial charge in [0.15, 0.2) is 0 Å². The molecule has 3 aromatic rings. The summed E-state index contributed by atoms with van der Waals surface area (Å²) < 4.78 is 12.0. The monoisotopic (exact) mass is 431 g/mol. The van der Waals surface area contributed by atoms with Gasteiger partial charge in [-0.15, -0.1) is 0 Å². The first-order valence-corrected chi connectivity index (χ1v) is 11.1. The van der Waals surface area contributed by atoms with Crippen molar-refractivity contribution < 1.29 is 14.3 Å². The summed E-state index contributed by atoms with van der Waals surface area (Å²) in [5, 5.41) is 0. The number of hydrogen-bond acceptors (Lipinski definition) is 3. The van der Waals surface area contributed by atoms with E-state index in [1.807, 2.05) is 80.7 Å². The van der Waals surface area contributed by atoms with Crippen LogP contribution in [0.5, 0.6) is 11.5 Å². The first-order chi connectivity index (χ1) is 15.3. The van der Waals surface area contributed by atoms with Crippen molar-refractivity contribution in [3.63, 3.8) is 0 Å². The molecular formula is C28H33NO3. The molecule has 0 heterocycles. The van der Waals surface area contributed by atoms with Gasteiger partial charge in [-0.05, 0) is 47.7 Å². The largest absolute Gasteiger partial charge is 0.493 e. The zero-order valence-electron chi connectivity index (χ0n) is 19.7. The van der Waals surface area contributed by atoms with E-state index in [-0.39, 0.29) is 11.3 Å².